The number of allylic oxidation sites excluding steroid dienone is 5. The van der Waals surface area contributed by atoms with Crippen LogP contribution in [0.1, 0.15) is 73.1 Å². The van der Waals surface area contributed by atoms with Gasteiger partial charge in [0.05, 0.1) is 5.41 Å². The van der Waals surface area contributed by atoms with Gasteiger partial charge < -0.3 is 5.32 Å². The first-order valence-corrected chi connectivity index (χ1v) is 15.8. The van der Waals surface area contributed by atoms with Crippen molar-refractivity contribution < 1.29 is 0 Å². The number of nitrogens with one attached hydrogen (secondary N) is 1. The Labute approximate surface area is 262 Å². The van der Waals surface area contributed by atoms with E-state index in [9.17, 15) is 0 Å². The van der Waals surface area contributed by atoms with E-state index >= 15 is 0 Å². The molecule has 0 fully saturated rings. The number of aryl methyl sites for hydroxylation is 1. The summed E-state index contributed by atoms with van der Waals surface area (Å²) in [4.78, 5) is 0. The molecular weight excluding hydrogens is 530 g/mol. The quantitative estimate of drug-likeness (QED) is 0.196. The van der Waals surface area contributed by atoms with E-state index < -0.39 is 0 Å². The Bertz CT molecular complexity index is 1970. The zero-order chi connectivity index (χ0) is 30.4. The molecule has 1 spiro atoms. The van der Waals surface area contributed by atoms with Crippen molar-refractivity contribution in [2.45, 2.75) is 46.5 Å². The molecule has 5 aromatic carbocycles. The SMILES string of the molecule is CC/C=C(C)\C=C(/C)c1cc(N/C=C(\C)c2ccc3c(c2)-c2ccccc2C32c3ccccc3-c3ccccc32)ccc1C. The molecule has 1 heteroatoms. The van der Waals surface area contributed by atoms with Crippen LogP contribution in [0.3, 0.4) is 0 Å². The second-order valence-corrected chi connectivity index (χ2v) is 12.3. The van der Waals surface area contributed by atoms with Crippen LogP contribution >= 0.6 is 0 Å². The number of anilines is 1. The first-order chi connectivity index (χ1) is 21.4. The van der Waals surface area contributed by atoms with Crippen LogP contribution in [-0.2, 0) is 5.41 Å². The highest BCUT2D eigenvalue weighted by atomic mass is 14.8. The van der Waals surface area contributed by atoms with Gasteiger partial charge in [0.15, 0.2) is 0 Å². The van der Waals surface area contributed by atoms with E-state index in [2.05, 4.69) is 167 Å². The zero-order valence-corrected chi connectivity index (χ0v) is 26.3. The van der Waals surface area contributed by atoms with Crippen molar-refractivity contribution in [1.82, 2.24) is 0 Å². The lowest BCUT2D eigenvalue weighted by atomic mass is 9.70. The minimum Gasteiger partial charge on any atom is -0.361 e. The summed E-state index contributed by atoms with van der Waals surface area (Å²) in [6.45, 7) is 11.0. The van der Waals surface area contributed by atoms with Gasteiger partial charge in [-0.2, -0.15) is 0 Å². The van der Waals surface area contributed by atoms with Crippen LogP contribution in [-0.4, -0.2) is 0 Å². The second kappa shape index (κ2) is 11.0. The summed E-state index contributed by atoms with van der Waals surface area (Å²) in [5.41, 5.74) is 19.3. The number of hydrogen-bond donors (Lipinski definition) is 1. The van der Waals surface area contributed by atoms with Gasteiger partial charge >= 0.3 is 0 Å². The molecule has 216 valence electrons. The van der Waals surface area contributed by atoms with Gasteiger partial charge in [-0.05, 0) is 125 Å². The third-order valence-electron chi connectivity index (χ3n) is 9.54. The number of fused-ring (bicyclic) bond motifs is 10. The summed E-state index contributed by atoms with van der Waals surface area (Å²) in [6, 6.07) is 40.7. The number of rotatable bonds is 6. The van der Waals surface area contributed by atoms with Crippen LogP contribution in [0.25, 0.3) is 33.4 Å². The Hall–Kier alpha value is -4.88. The average Bonchev–Trinajstić information content (AvgIpc) is 3.51. The molecular formula is C43H39N. The van der Waals surface area contributed by atoms with Crippen molar-refractivity contribution in [2.75, 3.05) is 5.32 Å². The molecule has 0 amide bonds. The van der Waals surface area contributed by atoms with Gasteiger partial charge in [0.1, 0.15) is 0 Å². The monoisotopic (exact) mass is 569 g/mol. The Morgan fingerprint density at radius 2 is 1.20 bits per heavy atom. The lowest BCUT2D eigenvalue weighted by molar-refractivity contribution is 0.793. The first kappa shape index (κ1) is 27.9. The molecule has 0 bridgehead atoms. The number of hydrogen-bond acceptors (Lipinski definition) is 1. The number of benzene rings is 5. The maximum Gasteiger partial charge on any atom is 0.0725 e. The molecule has 0 aliphatic heterocycles. The summed E-state index contributed by atoms with van der Waals surface area (Å²) < 4.78 is 0. The molecule has 0 radical (unpaired) electrons. The van der Waals surface area contributed by atoms with Gasteiger partial charge in [-0.1, -0.05) is 116 Å². The van der Waals surface area contributed by atoms with Crippen LogP contribution < -0.4 is 5.32 Å². The smallest absolute Gasteiger partial charge is 0.0725 e. The fraction of sp³-hybridized carbons (Fsp3) is 0.163. The Kier molecular flexibility index (Phi) is 6.98. The van der Waals surface area contributed by atoms with Crippen LogP contribution in [0, 0.1) is 6.92 Å². The van der Waals surface area contributed by atoms with Crippen molar-refractivity contribution in [1.29, 1.82) is 0 Å². The van der Waals surface area contributed by atoms with Crippen LogP contribution in [0.2, 0.25) is 0 Å². The second-order valence-electron chi connectivity index (χ2n) is 12.3. The fourth-order valence-electron chi connectivity index (χ4n) is 7.56. The van der Waals surface area contributed by atoms with Crippen molar-refractivity contribution in [3.63, 3.8) is 0 Å². The lowest BCUT2D eigenvalue weighted by Gasteiger charge is -2.30. The standard InChI is InChI=1S/C43H39N/c1-6-13-28(2)24-30(4)37-26-33(22-20-29(37)3)44-27-31(5)32-21-23-42-38(25-32)36-16-9-12-19-41(36)43(42)39-17-10-7-14-34(39)35-15-8-11-18-40(35)43/h7-27,44H,6H2,1-5H3/b28-13-,30-24+,31-27+. The van der Waals surface area contributed by atoms with Crippen molar-refractivity contribution in [3.8, 4) is 22.3 Å². The van der Waals surface area contributed by atoms with Crippen molar-refractivity contribution >= 4 is 16.8 Å². The van der Waals surface area contributed by atoms with E-state index in [0.29, 0.717) is 0 Å². The topological polar surface area (TPSA) is 12.0 Å². The molecule has 2 aliphatic rings. The summed E-state index contributed by atoms with van der Waals surface area (Å²) >= 11 is 0. The first-order valence-electron chi connectivity index (χ1n) is 15.8. The Morgan fingerprint density at radius 3 is 1.82 bits per heavy atom. The van der Waals surface area contributed by atoms with E-state index in [0.717, 1.165) is 12.1 Å². The molecule has 0 atom stereocenters. The highest BCUT2D eigenvalue weighted by Gasteiger charge is 2.51. The summed E-state index contributed by atoms with van der Waals surface area (Å²) in [7, 11) is 0. The van der Waals surface area contributed by atoms with Crippen LogP contribution in [0.15, 0.2) is 133 Å². The highest BCUT2D eigenvalue weighted by Crippen LogP contribution is 2.62. The van der Waals surface area contributed by atoms with Crippen LogP contribution in [0.5, 0.6) is 0 Å². The van der Waals surface area contributed by atoms with Gasteiger partial charge in [0.25, 0.3) is 0 Å². The van der Waals surface area contributed by atoms with E-state index in [1.165, 1.54) is 77.9 Å². The van der Waals surface area contributed by atoms with Gasteiger partial charge in [0, 0.05) is 11.9 Å². The van der Waals surface area contributed by atoms with Crippen molar-refractivity contribution in [3.05, 3.63) is 172 Å². The van der Waals surface area contributed by atoms with Gasteiger partial charge in [0.2, 0.25) is 0 Å². The van der Waals surface area contributed by atoms with E-state index in [1.807, 2.05) is 0 Å². The molecule has 0 saturated carbocycles. The lowest BCUT2D eigenvalue weighted by Crippen LogP contribution is -2.25. The van der Waals surface area contributed by atoms with Gasteiger partial charge in [-0.3, -0.25) is 0 Å². The third kappa shape index (κ3) is 4.30. The molecule has 1 N–H and O–H groups in total. The predicted octanol–water partition coefficient (Wildman–Crippen LogP) is 11.6. The molecule has 0 unspecified atom stereocenters. The summed E-state index contributed by atoms with van der Waals surface area (Å²) in [6.07, 6.45) is 7.76. The summed E-state index contributed by atoms with van der Waals surface area (Å²) in [5.74, 6) is 0. The molecule has 5 aromatic rings. The van der Waals surface area contributed by atoms with Crippen molar-refractivity contribution in [2.24, 2.45) is 0 Å². The maximum atomic E-state index is 3.60. The van der Waals surface area contributed by atoms with Gasteiger partial charge in [-0.25, -0.2) is 0 Å². The average molecular weight is 570 g/mol. The minimum atomic E-state index is -0.290. The minimum absolute atomic E-state index is 0.290. The van der Waals surface area contributed by atoms with E-state index in [1.54, 1.807) is 0 Å². The normalized spacial score (nSPS) is 14.7. The highest BCUT2D eigenvalue weighted by molar-refractivity contribution is 5.95. The molecule has 2 aliphatic carbocycles. The molecule has 7 rings (SSSR count). The van der Waals surface area contributed by atoms with E-state index in [-0.39, 0.29) is 5.41 Å². The Morgan fingerprint density at radius 1 is 0.636 bits per heavy atom. The van der Waals surface area contributed by atoms with Gasteiger partial charge in [-0.15, -0.1) is 0 Å². The molecule has 44 heavy (non-hydrogen) atoms. The molecule has 1 nitrogen and oxygen atoms in total. The largest absolute Gasteiger partial charge is 0.361 e. The van der Waals surface area contributed by atoms with Crippen LogP contribution in [0.4, 0.5) is 5.69 Å². The van der Waals surface area contributed by atoms with E-state index in [4.69, 9.17) is 0 Å². The maximum absolute atomic E-state index is 3.60. The fourth-order valence-corrected chi connectivity index (χ4v) is 7.56. The molecule has 0 aromatic heterocycles. The summed E-state index contributed by atoms with van der Waals surface area (Å²) in [5, 5.41) is 3.60. The molecule has 0 saturated heterocycles. The predicted molar refractivity (Wildman–Crippen MR) is 189 cm³/mol. The molecule has 0 heterocycles. The zero-order valence-electron chi connectivity index (χ0n) is 26.3. The Balaban J connectivity index is 1.28. The third-order valence-corrected chi connectivity index (χ3v) is 9.54.